The molecule has 40 heavy (non-hydrogen) atoms. The van der Waals surface area contributed by atoms with Crippen molar-refractivity contribution in [3.63, 3.8) is 0 Å². The standard InChI is InChI=1S/C32H50O8/c1-18(34)40-27(2,3)14-13-24(37)31(8,39)26-21(35)15-29(6)22-11-9-19-20(10-12-23(36)28(19,4)5)32(22,17-33)25(38)16-30(26,29)7/h9,20-23,26,33,35-36,39H,10-17H2,1-8H3/t20-,21-,22+,23+,26+,29+,30-,31+,32+/m1/s1. The number of hydrogen-bond acceptors (Lipinski definition) is 8. The van der Waals surface area contributed by atoms with Gasteiger partial charge in [-0.3, -0.25) is 14.4 Å². The largest absolute Gasteiger partial charge is 0.460 e. The van der Waals surface area contributed by atoms with Gasteiger partial charge < -0.3 is 25.2 Å². The Morgan fingerprint density at radius 3 is 2.27 bits per heavy atom. The molecular weight excluding hydrogens is 512 g/mol. The molecule has 0 aromatic heterocycles. The summed E-state index contributed by atoms with van der Waals surface area (Å²) in [5.41, 5.74) is -4.85. The second-order valence-corrected chi connectivity index (χ2v) is 15.1. The predicted octanol–water partition coefficient (Wildman–Crippen LogP) is 3.52. The summed E-state index contributed by atoms with van der Waals surface area (Å²) in [5.74, 6) is -2.36. The number of allylic oxidation sites excluding steroid dienone is 1. The first-order valence-electron chi connectivity index (χ1n) is 14.9. The molecule has 0 radical (unpaired) electrons. The topological polar surface area (TPSA) is 141 Å². The molecule has 0 saturated heterocycles. The number of carbonyl (C=O) groups excluding carboxylic acids is 3. The van der Waals surface area contributed by atoms with Gasteiger partial charge in [0.15, 0.2) is 5.78 Å². The van der Waals surface area contributed by atoms with Crippen molar-refractivity contribution in [2.24, 2.45) is 39.4 Å². The molecule has 3 saturated carbocycles. The summed E-state index contributed by atoms with van der Waals surface area (Å²) >= 11 is 0. The van der Waals surface area contributed by atoms with Gasteiger partial charge in [-0.15, -0.1) is 0 Å². The molecule has 4 aliphatic rings. The van der Waals surface area contributed by atoms with Crippen LogP contribution in [0.1, 0.15) is 100 Å². The van der Waals surface area contributed by atoms with Gasteiger partial charge in [0.05, 0.1) is 24.2 Å². The smallest absolute Gasteiger partial charge is 0.303 e. The van der Waals surface area contributed by atoms with E-state index < -0.39 is 62.7 Å². The van der Waals surface area contributed by atoms with Crippen LogP contribution < -0.4 is 0 Å². The van der Waals surface area contributed by atoms with Gasteiger partial charge in [0.2, 0.25) is 0 Å². The van der Waals surface area contributed by atoms with Gasteiger partial charge in [0, 0.05) is 31.1 Å². The molecule has 4 aliphatic carbocycles. The first-order valence-corrected chi connectivity index (χ1v) is 14.9. The molecule has 9 atom stereocenters. The lowest BCUT2D eigenvalue weighted by atomic mass is 9.38. The minimum Gasteiger partial charge on any atom is -0.460 e. The summed E-state index contributed by atoms with van der Waals surface area (Å²) in [6.07, 6.45) is 2.78. The third-order valence-electron chi connectivity index (χ3n) is 12.1. The molecule has 0 aliphatic heterocycles. The van der Waals surface area contributed by atoms with Gasteiger partial charge >= 0.3 is 5.97 Å². The van der Waals surface area contributed by atoms with Gasteiger partial charge in [-0.25, -0.2) is 0 Å². The minimum absolute atomic E-state index is 0.0391. The molecule has 0 unspecified atom stereocenters. The Morgan fingerprint density at radius 1 is 1.07 bits per heavy atom. The van der Waals surface area contributed by atoms with Crippen LogP contribution in [0.5, 0.6) is 0 Å². The molecule has 226 valence electrons. The summed E-state index contributed by atoms with van der Waals surface area (Å²) in [4.78, 5) is 39.4. The molecule has 0 spiro atoms. The number of ether oxygens (including phenoxy) is 1. The minimum atomic E-state index is -1.91. The van der Waals surface area contributed by atoms with Crippen LogP contribution in [0.15, 0.2) is 11.6 Å². The lowest BCUT2D eigenvalue weighted by Gasteiger charge is -2.65. The lowest BCUT2D eigenvalue weighted by molar-refractivity contribution is -0.192. The van der Waals surface area contributed by atoms with E-state index in [0.717, 1.165) is 5.57 Å². The van der Waals surface area contributed by atoms with Crippen molar-refractivity contribution in [2.45, 2.75) is 124 Å². The number of ketones is 2. The number of rotatable bonds is 7. The molecule has 4 N–H and O–H groups in total. The molecule has 8 nitrogen and oxygen atoms in total. The van der Waals surface area contributed by atoms with E-state index in [2.05, 4.69) is 13.0 Å². The molecule has 0 aromatic rings. The zero-order valence-electron chi connectivity index (χ0n) is 25.5. The van der Waals surface area contributed by atoms with Crippen LogP contribution in [-0.2, 0) is 19.1 Å². The molecule has 8 heteroatoms. The number of fused-ring (bicyclic) bond motifs is 5. The molecule has 0 heterocycles. The van der Waals surface area contributed by atoms with Crippen LogP contribution in [0.2, 0.25) is 0 Å². The number of carbonyl (C=O) groups is 3. The average Bonchev–Trinajstić information content (AvgIpc) is 3.03. The van der Waals surface area contributed by atoms with Crippen molar-refractivity contribution in [1.82, 2.24) is 0 Å². The highest BCUT2D eigenvalue weighted by Crippen LogP contribution is 2.74. The van der Waals surface area contributed by atoms with E-state index in [1.807, 2.05) is 20.8 Å². The fourth-order valence-electron chi connectivity index (χ4n) is 9.84. The zero-order valence-corrected chi connectivity index (χ0v) is 25.5. The molecular formula is C32H50O8. The fraction of sp³-hybridized carbons (Fsp3) is 0.844. The van der Waals surface area contributed by atoms with Crippen LogP contribution in [0.25, 0.3) is 0 Å². The van der Waals surface area contributed by atoms with Crippen molar-refractivity contribution < 1.29 is 39.5 Å². The molecule has 4 rings (SSSR count). The maximum Gasteiger partial charge on any atom is 0.303 e. The highest BCUT2D eigenvalue weighted by Gasteiger charge is 2.75. The van der Waals surface area contributed by atoms with E-state index in [9.17, 15) is 34.8 Å². The number of aliphatic hydroxyl groups excluding tert-OH is 3. The Bertz CT molecular complexity index is 1100. The number of aliphatic hydroxyl groups is 4. The molecule has 3 fully saturated rings. The summed E-state index contributed by atoms with van der Waals surface area (Å²) in [6.45, 7) is 13.9. The predicted molar refractivity (Wildman–Crippen MR) is 149 cm³/mol. The van der Waals surface area contributed by atoms with E-state index in [-0.39, 0.29) is 43.5 Å². The Labute approximate surface area is 238 Å². The first kappa shape index (κ1) is 31.3. The van der Waals surface area contributed by atoms with Crippen molar-refractivity contribution >= 4 is 17.5 Å². The van der Waals surface area contributed by atoms with Crippen molar-refractivity contribution in [3.05, 3.63) is 11.6 Å². The normalized spacial score (nSPS) is 42.1. The maximum atomic E-state index is 14.4. The monoisotopic (exact) mass is 562 g/mol. The van der Waals surface area contributed by atoms with Gasteiger partial charge in [-0.1, -0.05) is 39.3 Å². The summed E-state index contributed by atoms with van der Waals surface area (Å²) in [5, 5.41) is 45.2. The zero-order chi connectivity index (χ0) is 30.3. The van der Waals surface area contributed by atoms with Gasteiger partial charge in [-0.05, 0) is 75.5 Å². The van der Waals surface area contributed by atoms with Crippen LogP contribution in [-0.4, -0.2) is 68.0 Å². The number of esters is 1. The summed E-state index contributed by atoms with van der Waals surface area (Å²) < 4.78 is 5.32. The second kappa shape index (κ2) is 9.72. The molecule has 0 bridgehead atoms. The molecule has 0 aromatic carbocycles. The second-order valence-electron chi connectivity index (χ2n) is 15.1. The fourth-order valence-corrected chi connectivity index (χ4v) is 9.84. The van der Waals surface area contributed by atoms with Crippen molar-refractivity contribution in [3.8, 4) is 0 Å². The quantitative estimate of drug-likeness (QED) is 0.273. The Morgan fingerprint density at radius 2 is 1.70 bits per heavy atom. The number of Topliss-reactive ketones (excluding diaryl/α,β-unsaturated/α-hetero) is 2. The van der Waals surface area contributed by atoms with Crippen LogP contribution >= 0.6 is 0 Å². The third kappa shape index (κ3) is 4.26. The highest BCUT2D eigenvalue weighted by atomic mass is 16.6. The SMILES string of the molecule is CC(=O)OC(C)(C)CCC(=O)[C@](C)(O)[C@H]1[C@H](O)C[C@@]2(C)[C@@H]3CC=C4[C@@H](CC[C@H](O)C4(C)C)[C@]3(CO)C(=O)C[C@]12C. The van der Waals surface area contributed by atoms with Gasteiger partial charge in [0.1, 0.15) is 17.0 Å². The Hall–Kier alpha value is -1.61. The third-order valence-corrected chi connectivity index (χ3v) is 12.1. The van der Waals surface area contributed by atoms with Gasteiger partial charge in [0.25, 0.3) is 0 Å². The maximum absolute atomic E-state index is 14.4. The van der Waals surface area contributed by atoms with Crippen molar-refractivity contribution in [2.75, 3.05) is 6.61 Å². The Balaban J connectivity index is 1.72. The van der Waals surface area contributed by atoms with E-state index in [1.165, 1.54) is 13.8 Å². The van der Waals surface area contributed by atoms with Crippen LogP contribution in [0.3, 0.4) is 0 Å². The summed E-state index contributed by atoms with van der Waals surface area (Å²) in [6, 6.07) is 0. The van der Waals surface area contributed by atoms with E-state index >= 15 is 0 Å². The van der Waals surface area contributed by atoms with Crippen molar-refractivity contribution in [1.29, 1.82) is 0 Å². The summed E-state index contributed by atoms with van der Waals surface area (Å²) in [7, 11) is 0. The van der Waals surface area contributed by atoms with E-state index in [0.29, 0.717) is 25.7 Å². The van der Waals surface area contributed by atoms with Gasteiger partial charge in [-0.2, -0.15) is 0 Å². The van der Waals surface area contributed by atoms with Crippen LogP contribution in [0, 0.1) is 39.4 Å². The number of hydrogen-bond donors (Lipinski definition) is 4. The van der Waals surface area contributed by atoms with Crippen LogP contribution in [0.4, 0.5) is 0 Å². The van der Waals surface area contributed by atoms with E-state index in [1.54, 1.807) is 13.8 Å². The first-order chi connectivity index (χ1) is 18.2. The Kier molecular flexibility index (Phi) is 7.61. The lowest BCUT2D eigenvalue weighted by Crippen LogP contribution is -2.66. The highest BCUT2D eigenvalue weighted by molar-refractivity contribution is 5.90. The van der Waals surface area contributed by atoms with E-state index in [4.69, 9.17) is 4.74 Å². The molecule has 0 amide bonds. The average molecular weight is 563 g/mol.